The normalized spacial score (nSPS) is 16.6. The Morgan fingerprint density at radius 1 is 1.41 bits per heavy atom. The zero-order valence-corrected chi connectivity index (χ0v) is 16.1. The first-order valence-electron chi connectivity index (χ1n) is 8.76. The molecule has 1 fully saturated rings. The smallest absolute Gasteiger partial charge is 0.231 e. The maximum absolute atomic E-state index is 12.5. The lowest BCUT2D eigenvalue weighted by Crippen LogP contribution is -2.28. The fraction of sp³-hybridized carbons (Fsp3) is 0.444. The summed E-state index contributed by atoms with van der Waals surface area (Å²) in [4.78, 5) is 26.5. The van der Waals surface area contributed by atoms with E-state index in [0.717, 1.165) is 10.7 Å². The highest BCUT2D eigenvalue weighted by molar-refractivity contribution is 7.15. The summed E-state index contributed by atoms with van der Waals surface area (Å²) >= 11 is 1.32. The quantitative estimate of drug-likeness (QED) is 0.694. The van der Waals surface area contributed by atoms with Crippen LogP contribution in [0.1, 0.15) is 18.4 Å². The highest BCUT2D eigenvalue weighted by atomic mass is 32.1. The lowest BCUT2D eigenvalue weighted by molar-refractivity contribution is -0.122. The molecule has 1 aromatic heterocycles. The maximum Gasteiger partial charge on any atom is 0.231 e. The number of aromatic nitrogens is 2. The molecule has 8 nitrogen and oxygen atoms in total. The van der Waals surface area contributed by atoms with Gasteiger partial charge in [0, 0.05) is 37.7 Å². The molecule has 2 amide bonds. The summed E-state index contributed by atoms with van der Waals surface area (Å²) in [5, 5.41) is 12.1. The van der Waals surface area contributed by atoms with Crippen LogP contribution in [0.4, 0.5) is 10.8 Å². The molecular weight excluding hydrogens is 368 g/mol. The number of carbonyl (C=O) groups excluding carboxylic acids is 2. The van der Waals surface area contributed by atoms with Crippen LogP contribution in [-0.4, -0.2) is 48.9 Å². The molecule has 0 bridgehead atoms. The van der Waals surface area contributed by atoms with Crippen molar-refractivity contribution in [2.24, 2.45) is 5.92 Å². The van der Waals surface area contributed by atoms with Gasteiger partial charge in [-0.05, 0) is 19.1 Å². The molecule has 1 aliphatic rings. The third-order valence-corrected chi connectivity index (χ3v) is 5.12. The molecule has 1 aliphatic heterocycles. The number of hydrogen-bond donors (Lipinski definition) is 1. The summed E-state index contributed by atoms with van der Waals surface area (Å²) in [6.45, 7) is 3.49. The fourth-order valence-electron chi connectivity index (χ4n) is 2.83. The van der Waals surface area contributed by atoms with Gasteiger partial charge in [-0.15, -0.1) is 10.2 Å². The lowest BCUT2D eigenvalue weighted by atomic mass is 10.1. The predicted octanol–water partition coefficient (Wildman–Crippen LogP) is 2.12. The third-order valence-electron chi connectivity index (χ3n) is 4.22. The van der Waals surface area contributed by atoms with Crippen molar-refractivity contribution < 1.29 is 19.1 Å². The van der Waals surface area contributed by atoms with Crippen molar-refractivity contribution in [1.29, 1.82) is 0 Å². The molecule has 2 heterocycles. The van der Waals surface area contributed by atoms with E-state index in [0.29, 0.717) is 37.1 Å². The molecule has 9 heteroatoms. The molecule has 2 aromatic rings. The maximum atomic E-state index is 12.5. The van der Waals surface area contributed by atoms with E-state index in [1.165, 1.54) is 11.3 Å². The van der Waals surface area contributed by atoms with Crippen molar-refractivity contribution in [3.63, 3.8) is 0 Å². The van der Waals surface area contributed by atoms with E-state index < -0.39 is 5.92 Å². The van der Waals surface area contributed by atoms with Gasteiger partial charge in [-0.1, -0.05) is 17.4 Å². The Bertz CT molecular complexity index is 810. The molecule has 0 radical (unpaired) electrons. The largest absolute Gasteiger partial charge is 0.497 e. The molecule has 0 unspecified atom stereocenters. The van der Waals surface area contributed by atoms with Crippen LogP contribution in [-0.2, 0) is 20.7 Å². The summed E-state index contributed by atoms with van der Waals surface area (Å²) in [7, 11) is 1.58. The number of methoxy groups -OCH3 is 1. The number of benzene rings is 1. The predicted molar refractivity (Wildman–Crippen MR) is 102 cm³/mol. The van der Waals surface area contributed by atoms with Gasteiger partial charge in [0.25, 0.3) is 0 Å². The van der Waals surface area contributed by atoms with Gasteiger partial charge in [0.2, 0.25) is 16.9 Å². The van der Waals surface area contributed by atoms with Crippen LogP contribution in [0.5, 0.6) is 5.75 Å². The second-order valence-electron chi connectivity index (χ2n) is 6.04. The van der Waals surface area contributed by atoms with Crippen molar-refractivity contribution in [1.82, 2.24) is 10.2 Å². The van der Waals surface area contributed by atoms with E-state index in [9.17, 15) is 9.59 Å². The van der Waals surface area contributed by atoms with E-state index >= 15 is 0 Å². The minimum Gasteiger partial charge on any atom is -0.497 e. The van der Waals surface area contributed by atoms with Crippen molar-refractivity contribution in [2.45, 2.75) is 19.8 Å². The minimum absolute atomic E-state index is 0.0851. The van der Waals surface area contributed by atoms with Gasteiger partial charge in [-0.3, -0.25) is 9.59 Å². The molecule has 1 N–H and O–H groups in total. The first kappa shape index (κ1) is 19.2. The number of nitrogens with one attached hydrogen (secondary N) is 1. The molecule has 1 saturated heterocycles. The average Bonchev–Trinajstić information content (AvgIpc) is 3.28. The molecule has 1 atom stereocenters. The summed E-state index contributed by atoms with van der Waals surface area (Å²) in [5.74, 6) is -0.0690. The average molecular weight is 390 g/mol. The number of anilines is 2. The molecule has 0 aliphatic carbocycles. The standard InChI is InChI=1S/C18H22N4O4S/c1-3-26-8-7-15-20-21-18(27-15)19-17(24)12-9-16(23)22(11-12)13-5-4-6-14(10-13)25-2/h4-6,10,12H,3,7-9,11H2,1-2H3,(H,19,21,24)/t12-/m0/s1. The molecular formula is C18H22N4O4S. The van der Waals surface area contributed by atoms with Crippen LogP contribution in [0.15, 0.2) is 24.3 Å². The first-order chi connectivity index (χ1) is 13.1. The van der Waals surface area contributed by atoms with Gasteiger partial charge in [0.15, 0.2) is 0 Å². The monoisotopic (exact) mass is 390 g/mol. The van der Waals surface area contributed by atoms with Gasteiger partial charge in [0.1, 0.15) is 10.8 Å². The highest BCUT2D eigenvalue weighted by Gasteiger charge is 2.35. The van der Waals surface area contributed by atoms with E-state index in [-0.39, 0.29) is 18.2 Å². The van der Waals surface area contributed by atoms with Crippen molar-refractivity contribution in [3.8, 4) is 5.75 Å². The Morgan fingerprint density at radius 3 is 3.04 bits per heavy atom. The zero-order valence-electron chi connectivity index (χ0n) is 15.3. The molecule has 27 heavy (non-hydrogen) atoms. The first-order valence-corrected chi connectivity index (χ1v) is 9.57. The van der Waals surface area contributed by atoms with E-state index in [1.54, 1.807) is 18.1 Å². The molecule has 1 aromatic carbocycles. The Balaban J connectivity index is 1.59. The van der Waals surface area contributed by atoms with Crippen molar-refractivity contribution in [2.75, 3.05) is 37.1 Å². The number of ether oxygens (including phenoxy) is 2. The van der Waals surface area contributed by atoms with Gasteiger partial charge < -0.3 is 19.7 Å². The van der Waals surface area contributed by atoms with Crippen LogP contribution in [0, 0.1) is 5.92 Å². The zero-order chi connectivity index (χ0) is 19.2. The molecule has 0 saturated carbocycles. The summed E-state index contributed by atoms with van der Waals surface area (Å²) in [6.07, 6.45) is 0.825. The number of hydrogen-bond acceptors (Lipinski definition) is 7. The van der Waals surface area contributed by atoms with Crippen LogP contribution in [0.3, 0.4) is 0 Å². The number of amides is 2. The van der Waals surface area contributed by atoms with Gasteiger partial charge in [-0.2, -0.15) is 0 Å². The van der Waals surface area contributed by atoms with E-state index in [1.807, 2.05) is 25.1 Å². The Kier molecular flexibility index (Phi) is 6.36. The second kappa shape index (κ2) is 8.92. The van der Waals surface area contributed by atoms with Gasteiger partial charge in [0.05, 0.1) is 19.6 Å². The number of nitrogens with zero attached hydrogens (tertiary/aromatic N) is 3. The van der Waals surface area contributed by atoms with Crippen molar-refractivity contribution >= 4 is 34.0 Å². The summed E-state index contributed by atoms with van der Waals surface area (Å²) in [6, 6.07) is 7.25. The van der Waals surface area contributed by atoms with E-state index in [2.05, 4.69) is 15.5 Å². The molecule has 144 valence electrons. The Hall–Kier alpha value is -2.52. The topological polar surface area (TPSA) is 93.7 Å². The minimum atomic E-state index is -0.431. The molecule has 0 spiro atoms. The van der Waals surface area contributed by atoms with Crippen LogP contribution in [0.2, 0.25) is 0 Å². The number of carbonyl (C=O) groups is 2. The number of rotatable bonds is 8. The van der Waals surface area contributed by atoms with E-state index in [4.69, 9.17) is 9.47 Å². The Labute approximate surface area is 161 Å². The van der Waals surface area contributed by atoms with Crippen molar-refractivity contribution in [3.05, 3.63) is 29.3 Å². The van der Waals surface area contributed by atoms with Crippen LogP contribution in [0.25, 0.3) is 0 Å². The third kappa shape index (κ3) is 4.81. The highest BCUT2D eigenvalue weighted by Crippen LogP contribution is 2.28. The van der Waals surface area contributed by atoms with Gasteiger partial charge in [-0.25, -0.2) is 0 Å². The summed E-state index contributed by atoms with van der Waals surface area (Å²) in [5.41, 5.74) is 0.726. The second-order valence-corrected chi connectivity index (χ2v) is 7.11. The lowest BCUT2D eigenvalue weighted by Gasteiger charge is -2.17. The SMILES string of the molecule is CCOCCc1nnc(NC(=O)[C@H]2CC(=O)N(c3cccc(OC)c3)C2)s1. The fourth-order valence-corrected chi connectivity index (χ4v) is 3.55. The van der Waals surface area contributed by atoms with Crippen LogP contribution >= 0.6 is 11.3 Å². The van der Waals surface area contributed by atoms with Crippen LogP contribution < -0.4 is 15.0 Å². The molecule has 3 rings (SSSR count). The van der Waals surface area contributed by atoms with Gasteiger partial charge >= 0.3 is 0 Å². The Morgan fingerprint density at radius 2 is 2.26 bits per heavy atom. The summed E-state index contributed by atoms with van der Waals surface area (Å²) < 4.78 is 10.5.